The SMILES string of the molecule is Clc1cccc(CCCNC2CCCC2)c1. The normalized spacial score (nSPS) is 16.8. The molecule has 1 nitrogen and oxygen atoms in total. The lowest BCUT2D eigenvalue weighted by molar-refractivity contribution is 0.515. The molecule has 0 bridgehead atoms. The van der Waals surface area contributed by atoms with Gasteiger partial charge in [-0.25, -0.2) is 0 Å². The Morgan fingerprint density at radius 2 is 2.06 bits per heavy atom. The third kappa shape index (κ3) is 3.80. The summed E-state index contributed by atoms with van der Waals surface area (Å²) in [6.45, 7) is 1.14. The quantitative estimate of drug-likeness (QED) is 0.768. The minimum Gasteiger partial charge on any atom is -0.314 e. The highest BCUT2D eigenvalue weighted by atomic mass is 35.5. The van der Waals surface area contributed by atoms with E-state index in [2.05, 4.69) is 17.4 Å². The van der Waals surface area contributed by atoms with Gasteiger partial charge in [-0.1, -0.05) is 36.6 Å². The van der Waals surface area contributed by atoms with Gasteiger partial charge in [0.2, 0.25) is 0 Å². The largest absolute Gasteiger partial charge is 0.314 e. The van der Waals surface area contributed by atoms with Gasteiger partial charge >= 0.3 is 0 Å². The molecule has 2 rings (SSSR count). The summed E-state index contributed by atoms with van der Waals surface area (Å²) in [5.41, 5.74) is 1.35. The maximum atomic E-state index is 5.95. The molecule has 1 aromatic rings. The first-order chi connectivity index (χ1) is 7.84. The summed E-state index contributed by atoms with van der Waals surface area (Å²) in [6, 6.07) is 8.97. The zero-order valence-corrected chi connectivity index (χ0v) is 10.5. The smallest absolute Gasteiger partial charge is 0.0408 e. The van der Waals surface area contributed by atoms with Gasteiger partial charge in [-0.05, 0) is 49.9 Å². The van der Waals surface area contributed by atoms with Gasteiger partial charge in [-0.2, -0.15) is 0 Å². The van der Waals surface area contributed by atoms with Crippen molar-refractivity contribution < 1.29 is 0 Å². The van der Waals surface area contributed by atoms with Crippen molar-refractivity contribution in [3.05, 3.63) is 34.9 Å². The van der Waals surface area contributed by atoms with Crippen LogP contribution in [0.25, 0.3) is 0 Å². The lowest BCUT2D eigenvalue weighted by Gasteiger charge is -2.11. The second kappa shape index (κ2) is 6.27. The van der Waals surface area contributed by atoms with E-state index in [4.69, 9.17) is 11.6 Å². The molecule has 0 radical (unpaired) electrons. The van der Waals surface area contributed by atoms with Crippen molar-refractivity contribution >= 4 is 11.6 Å². The molecule has 0 atom stereocenters. The fourth-order valence-electron chi connectivity index (χ4n) is 2.42. The van der Waals surface area contributed by atoms with E-state index < -0.39 is 0 Å². The molecule has 16 heavy (non-hydrogen) atoms. The molecule has 0 unspecified atom stereocenters. The second-order valence-electron chi connectivity index (χ2n) is 4.67. The first-order valence-corrected chi connectivity index (χ1v) is 6.70. The molecule has 0 saturated heterocycles. The number of aryl methyl sites for hydroxylation is 1. The number of rotatable bonds is 5. The van der Waals surface area contributed by atoms with Crippen molar-refractivity contribution in [3.63, 3.8) is 0 Å². The molecular formula is C14H20ClN. The molecule has 0 amide bonds. The summed E-state index contributed by atoms with van der Waals surface area (Å²) in [4.78, 5) is 0. The average Bonchev–Trinajstić information content (AvgIpc) is 2.77. The van der Waals surface area contributed by atoms with Crippen LogP contribution in [0.3, 0.4) is 0 Å². The lowest BCUT2D eigenvalue weighted by Crippen LogP contribution is -2.27. The van der Waals surface area contributed by atoms with Gasteiger partial charge in [0.25, 0.3) is 0 Å². The summed E-state index contributed by atoms with van der Waals surface area (Å²) < 4.78 is 0. The Labute approximate surface area is 103 Å². The van der Waals surface area contributed by atoms with E-state index in [9.17, 15) is 0 Å². The van der Waals surface area contributed by atoms with Crippen molar-refractivity contribution in [1.29, 1.82) is 0 Å². The molecule has 2 heteroatoms. The molecule has 88 valence electrons. The van der Waals surface area contributed by atoms with Gasteiger partial charge in [0.1, 0.15) is 0 Å². The van der Waals surface area contributed by atoms with E-state index in [0.29, 0.717) is 0 Å². The van der Waals surface area contributed by atoms with Crippen LogP contribution < -0.4 is 5.32 Å². The van der Waals surface area contributed by atoms with Crippen molar-refractivity contribution in [2.24, 2.45) is 0 Å². The zero-order valence-electron chi connectivity index (χ0n) is 9.71. The monoisotopic (exact) mass is 237 g/mol. The van der Waals surface area contributed by atoms with E-state index >= 15 is 0 Å². The number of halogens is 1. The van der Waals surface area contributed by atoms with Crippen molar-refractivity contribution in [3.8, 4) is 0 Å². The summed E-state index contributed by atoms with van der Waals surface area (Å²) in [6.07, 6.45) is 7.89. The summed E-state index contributed by atoms with van der Waals surface area (Å²) in [5.74, 6) is 0. The van der Waals surface area contributed by atoms with E-state index in [1.165, 1.54) is 37.7 Å². The number of benzene rings is 1. The highest BCUT2D eigenvalue weighted by molar-refractivity contribution is 6.30. The molecule has 1 fully saturated rings. The maximum absolute atomic E-state index is 5.95. The molecule has 0 spiro atoms. The predicted octanol–water partition coefficient (Wildman–Crippen LogP) is 3.80. The Hall–Kier alpha value is -0.530. The predicted molar refractivity (Wildman–Crippen MR) is 70.0 cm³/mol. The Morgan fingerprint density at radius 3 is 2.81 bits per heavy atom. The van der Waals surface area contributed by atoms with Gasteiger partial charge in [0, 0.05) is 11.1 Å². The molecule has 0 aliphatic heterocycles. The van der Waals surface area contributed by atoms with Crippen LogP contribution in [-0.2, 0) is 6.42 Å². The molecule has 1 aliphatic rings. The molecule has 1 aliphatic carbocycles. The van der Waals surface area contributed by atoms with Gasteiger partial charge in [-0.15, -0.1) is 0 Å². The first-order valence-electron chi connectivity index (χ1n) is 6.32. The van der Waals surface area contributed by atoms with E-state index in [1.807, 2.05) is 12.1 Å². The number of hydrogen-bond donors (Lipinski definition) is 1. The van der Waals surface area contributed by atoms with Crippen LogP contribution in [0.5, 0.6) is 0 Å². The van der Waals surface area contributed by atoms with Gasteiger partial charge < -0.3 is 5.32 Å². The second-order valence-corrected chi connectivity index (χ2v) is 5.11. The molecule has 1 N–H and O–H groups in total. The number of nitrogens with one attached hydrogen (secondary N) is 1. The summed E-state index contributed by atoms with van der Waals surface area (Å²) in [5, 5.41) is 4.48. The topological polar surface area (TPSA) is 12.0 Å². The average molecular weight is 238 g/mol. The van der Waals surface area contributed by atoms with Crippen LogP contribution in [0.1, 0.15) is 37.7 Å². The van der Waals surface area contributed by atoms with Gasteiger partial charge in [0.15, 0.2) is 0 Å². The number of hydrogen-bond acceptors (Lipinski definition) is 1. The molecule has 0 aromatic heterocycles. The fraction of sp³-hybridized carbons (Fsp3) is 0.571. The third-order valence-corrected chi connectivity index (χ3v) is 3.55. The summed E-state index contributed by atoms with van der Waals surface area (Å²) >= 11 is 5.95. The van der Waals surface area contributed by atoms with E-state index in [-0.39, 0.29) is 0 Å². The highest BCUT2D eigenvalue weighted by Gasteiger charge is 2.13. The standard InChI is InChI=1S/C14H20ClN/c15-13-7-3-5-12(11-13)6-4-10-16-14-8-1-2-9-14/h3,5,7,11,14,16H,1-2,4,6,8-10H2. The molecule has 0 heterocycles. The lowest BCUT2D eigenvalue weighted by atomic mass is 10.1. The van der Waals surface area contributed by atoms with E-state index in [1.54, 1.807) is 0 Å². The highest BCUT2D eigenvalue weighted by Crippen LogP contribution is 2.17. The first kappa shape index (κ1) is 11.9. The van der Waals surface area contributed by atoms with Gasteiger partial charge in [0.05, 0.1) is 0 Å². The van der Waals surface area contributed by atoms with Crippen LogP contribution in [0.2, 0.25) is 5.02 Å². The minimum atomic E-state index is 0.791. The maximum Gasteiger partial charge on any atom is 0.0408 e. The van der Waals surface area contributed by atoms with Crippen molar-refractivity contribution in [1.82, 2.24) is 5.32 Å². The van der Waals surface area contributed by atoms with Crippen LogP contribution in [0.4, 0.5) is 0 Å². The van der Waals surface area contributed by atoms with Crippen LogP contribution in [-0.4, -0.2) is 12.6 Å². The molecule has 1 aromatic carbocycles. The van der Waals surface area contributed by atoms with Crippen LogP contribution >= 0.6 is 11.6 Å². The minimum absolute atomic E-state index is 0.791. The molecular weight excluding hydrogens is 218 g/mol. The zero-order chi connectivity index (χ0) is 11.2. The molecule has 1 saturated carbocycles. The Kier molecular flexibility index (Phi) is 4.68. The van der Waals surface area contributed by atoms with Gasteiger partial charge in [-0.3, -0.25) is 0 Å². The van der Waals surface area contributed by atoms with Crippen molar-refractivity contribution in [2.75, 3.05) is 6.54 Å². The van der Waals surface area contributed by atoms with Crippen LogP contribution in [0.15, 0.2) is 24.3 Å². The van der Waals surface area contributed by atoms with E-state index in [0.717, 1.165) is 24.0 Å². The third-order valence-electron chi connectivity index (χ3n) is 3.32. The Balaban J connectivity index is 1.64. The van der Waals surface area contributed by atoms with Crippen LogP contribution in [0, 0.1) is 0 Å². The Morgan fingerprint density at radius 1 is 1.25 bits per heavy atom. The summed E-state index contributed by atoms with van der Waals surface area (Å²) in [7, 11) is 0. The van der Waals surface area contributed by atoms with Crippen molar-refractivity contribution in [2.45, 2.75) is 44.6 Å². The Bertz CT molecular complexity index is 318. The fourth-order valence-corrected chi connectivity index (χ4v) is 2.63.